The number of benzene rings is 1. The van der Waals surface area contributed by atoms with E-state index in [9.17, 15) is 0 Å². The van der Waals surface area contributed by atoms with E-state index in [1.54, 1.807) is 0 Å². The first-order chi connectivity index (χ1) is 10.3. The fourth-order valence-electron chi connectivity index (χ4n) is 2.92. The second-order valence-corrected chi connectivity index (χ2v) is 5.91. The number of nitrogens with zero attached hydrogens (tertiary/aromatic N) is 1. The summed E-state index contributed by atoms with van der Waals surface area (Å²) in [5.41, 5.74) is 2.46. The Morgan fingerprint density at radius 3 is 2.52 bits per heavy atom. The Balaban J connectivity index is 1.80. The van der Waals surface area contributed by atoms with E-state index in [2.05, 4.69) is 59.7 Å². The molecule has 2 atom stereocenters. The van der Waals surface area contributed by atoms with Crippen molar-refractivity contribution in [2.24, 2.45) is 0 Å². The molecule has 1 fully saturated rings. The van der Waals surface area contributed by atoms with Gasteiger partial charge in [0.2, 0.25) is 0 Å². The molecule has 3 nitrogen and oxygen atoms in total. The number of aromatic nitrogens is 1. The van der Waals surface area contributed by atoms with Crippen molar-refractivity contribution in [2.75, 3.05) is 13.2 Å². The number of rotatable bonds is 5. The summed E-state index contributed by atoms with van der Waals surface area (Å²) < 4.78 is 5.89. The minimum absolute atomic E-state index is 0.0416. The second-order valence-electron chi connectivity index (χ2n) is 5.91. The molecule has 1 aromatic heterocycles. The number of ether oxygens (including phenoxy) is 1. The lowest BCUT2D eigenvalue weighted by Crippen LogP contribution is -2.39. The molecule has 0 aliphatic carbocycles. The van der Waals surface area contributed by atoms with E-state index in [0.29, 0.717) is 0 Å². The number of pyridine rings is 1. The molecule has 2 aromatic rings. The van der Waals surface area contributed by atoms with Crippen LogP contribution in [0.1, 0.15) is 36.9 Å². The SMILES string of the molecule is CC1(CNC(c2ccccc2)c2ccncc2)CCCO1. The maximum absolute atomic E-state index is 5.89. The normalized spacial score (nSPS) is 23.1. The van der Waals surface area contributed by atoms with Crippen LogP contribution in [-0.4, -0.2) is 23.7 Å². The summed E-state index contributed by atoms with van der Waals surface area (Å²) in [5.74, 6) is 0. The van der Waals surface area contributed by atoms with Crippen molar-refractivity contribution in [3.05, 3.63) is 66.0 Å². The number of hydrogen-bond donors (Lipinski definition) is 1. The van der Waals surface area contributed by atoms with Crippen LogP contribution >= 0.6 is 0 Å². The third-order valence-corrected chi connectivity index (χ3v) is 4.15. The molecule has 0 bridgehead atoms. The quantitative estimate of drug-likeness (QED) is 0.913. The molecule has 0 amide bonds. The van der Waals surface area contributed by atoms with Gasteiger partial charge in [-0.25, -0.2) is 0 Å². The Morgan fingerprint density at radius 2 is 1.86 bits per heavy atom. The van der Waals surface area contributed by atoms with Crippen molar-refractivity contribution in [2.45, 2.75) is 31.4 Å². The third kappa shape index (κ3) is 3.49. The van der Waals surface area contributed by atoms with Crippen molar-refractivity contribution in [3.8, 4) is 0 Å². The zero-order valence-corrected chi connectivity index (χ0v) is 12.5. The monoisotopic (exact) mass is 282 g/mol. The van der Waals surface area contributed by atoms with Gasteiger partial charge < -0.3 is 10.1 Å². The van der Waals surface area contributed by atoms with Crippen LogP contribution in [0.5, 0.6) is 0 Å². The molecule has 2 unspecified atom stereocenters. The van der Waals surface area contributed by atoms with Gasteiger partial charge >= 0.3 is 0 Å². The van der Waals surface area contributed by atoms with E-state index in [0.717, 1.165) is 26.0 Å². The molecule has 1 aromatic carbocycles. The molecule has 0 saturated carbocycles. The van der Waals surface area contributed by atoms with Crippen molar-refractivity contribution in [3.63, 3.8) is 0 Å². The molecule has 0 radical (unpaired) electrons. The second kappa shape index (κ2) is 6.37. The van der Waals surface area contributed by atoms with E-state index >= 15 is 0 Å². The predicted octanol–water partition coefficient (Wildman–Crippen LogP) is 3.33. The summed E-state index contributed by atoms with van der Waals surface area (Å²) in [6, 6.07) is 14.9. The van der Waals surface area contributed by atoms with Crippen LogP contribution < -0.4 is 5.32 Å². The molecule has 1 saturated heterocycles. The first kappa shape index (κ1) is 14.2. The summed E-state index contributed by atoms with van der Waals surface area (Å²) in [4.78, 5) is 4.12. The summed E-state index contributed by atoms with van der Waals surface area (Å²) in [6.45, 7) is 3.93. The summed E-state index contributed by atoms with van der Waals surface area (Å²) in [7, 11) is 0. The molecular weight excluding hydrogens is 260 g/mol. The Bertz CT molecular complexity index is 510. The molecule has 3 heteroatoms. The molecule has 3 rings (SSSR count). The lowest BCUT2D eigenvalue weighted by molar-refractivity contribution is 0.0195. The topological polar surface area (TPSA) is 34.2 Å². The van der Waals surface area contributed by atoms with Crippen LogP contribution in [0.3, 0.4) is 0 Å². The lowest BCUT2D eigenvalue weighted by Gasteiger charge is -2.28. The van der Waals surface area contributed by atoms with Gasteiger partial charge in [0.05, 0.1) is 11.6 Å². The largest absolute Gasteiger partial charge is 0.374 e. The molecule has 0 spiro atoms. The van der Waals surface area contributed by atoms with Gasteiger partial charge in [-0.05, 0) is 43.0 Å². The first-order valence-electron chi connectivity index (χ1n) is 7.59. The Hall–Kier alpha value is -1.71. The van der Waals surface area contributed by atoms with Crippen molar-refractivity contribution in [1.82, 2.24) is 10.3 Å². The zero-order valence-electron chi connectivity index (χ0n) is 12.5. The van der Waals surface area contributed by atoms with Crippen LogP contribution in [0.4, 0.5) is 0 Å². The highest BCUT2D eigenvalue weighted by molar-refractivity contribution is 5.30. The molecule has 1 aliphatic heterocycles. The van der Waals surface area contributed by atoms with Gasteiger partial charge in [0.15, 0.2) is 0 Å². The standard InChI is InChI=1S/C18H22N2O/c1-18(10-5-13-21-18)14-20-17(15-6-3-2-4-7-15)16-8-11-19-12-9-16/h2-4,6-9,11-12,17,20H,5,10,13-14H2,1H3. The van der Waals surface area contributed by atoms with Crippen LogP contribution in [0.15, 0.2) is 54.9 Å². The van der Waals surface area contributed by atoms with Gasteiger partial charge in [-0.2, -0.15) is 0 Å². The predicted molar refractivity (Wildman–Crippen MR) is 84.1 cm³/mol. The average molecular weight is 282 g/mol. The molecule has 2 heterocycles. The van der Waals surface area contributed by atoms with Crippen molar-refractivity contribution >= 4 is 0 Å². The Kier molecular flexibility index (Phi) is 4.32. The van der Waals surface area contributed by atoms with Gasteiger partial charge in [0.25, 0.3) is 0 Å². The summed E-state index contributed by atoms with van der Waals surface area (Å²) >= 11 is 0. The van der Waals surface area contributed by atoms with Crippen molar-refractivity contribution < 1.29 is 4.74 Å². The van der Waals surface area contributed by atoms with Gasteiger partial charge in [0, 0.05) is 25.5 Å². The van der Waals surface area contributed by atoms with Crippen LogP contribution in [0, 0.1) is 0 Å². The number of hydrogen-bond acceptors (Lipinski definition) is 3. The molecule has 1 aliphatic rings. The molecular formula is C18H22N2O. The van der Waals surface area contributed by atoms with Crippen molar-refractivity contribution in [1.29, 1.82) is 0 Å². The van der Waals surface area contributed by atoms with E-state index in [4.69, 9.17) is 4.74 Å². The van der Waals surface area contributed by atoms with E-state index in [-0.39, 0.29) is 11.6 Å². The van der Waals surface area contributed by atoms with Gasteiger partial charge in [-0.3, -0.25) is 4.98 Å². The highest BCUT2D eigenvalue weighted by Gasteiger charge is 2.30. The third-order valence-electron chi connectivity index (χ3n) is 4.15. The summed E-state index contributed by atoms with van der Waals surface area (Å²) in [5, 5.41) is 3.68. The first-order valence-corrected chi connectivity index (χ1v) is 7.59. The van der Waals surface area contributed by atoms with E-state index in [1.807, 2.05) is 12.4 Å². The fraction of sp³-hybridized carbons (Fsp3) is 0.389. The maximum Gasteiger partial charge on any atom is 0.0779 e. The molecule has 110 valence electrons. The van der Waals surface area contributed by atoms with Gasteiger partial charge in [0.1, 0.15) is 0 Å². The number of nitrogens with one attached hydrogen (secondary N) is 1. The summed E-state index contributed by atoms with van der Waals surface area (Å²) in [6.07, 6.45) is 5.97. The van der Waals surface area contributed by atoms with Crippen LogP contribution in [0.2, 0.25) is 0 Å². The highest BCUT2D eigenvalue weighted by atomic mass is 16.5. The Morgan fingerprint density at radius 1 is 1.14 bits per heavy atom. The Labute approximate surface area is 126 Å². The molecule has 1 N–H and O–H groups in total. The zero-order chi connectivity index (χ0) is 14.5. The molecule has 21 heavy (non-hydrogen) atoms. The van der Waals surface area contributed by atoms with E-state index in [1.165, 1.54) is 11.1 Å². The van der Waals surface area contributed by atoms with Crippen LogP contribution in [0.25, 0.3) is 0 Å². The van der Waals surface area contributed by atoms with Gasteiger partial charge in [-0.15, -0.1) is 0 Å². The van der Waals surface area contributed by atoms with E-state index < -0.39 is 0 Å². The minimum Gasteiger partial charge on any atom is -0.374 e. The maximum atomic E-state index is 5.89. The van der Waals surface area contributed by atoms with Gasteiger partial charge in [-0.1, -0.05) is 30.3 Å². The fourth-order valence-corrected chi connectivity index (χ4v) is 2.92. The minimum atomic E-state index is -0.0416. The average Bonchev–Trinajstić information content (AvgIpc) is 2.97. The smallest absolute Gasteiger partial charge is 0.0779 e. The highest BCUT2D eigenvalue weighted by Crippen LogP contribution is 2.27. The van der Waals surface area contributed by atoms with Crippen LogP contribution in [-0.2, 0) is 4.74 Å². The lowest BCUT2D eigenvalue weighted by atomic mass is 9.97.